The molecule has 0 spiro atoms. The number of ether oxygens (including phenoxy) is 3. The molecule has 1 fully saturated rings. The van der Waals surface area contributed by atoms with Gasteiger partial charge in [-0.2, -0.15) is 0 Å². The molecular weight excluding hydrogens is 450 g/mol. The van der Waals surface area contributed by atoms with Gasteiger partial charge in [0.15, 0.2) is 5.13 Å². The first-order valence-corrected chi connectivity index (χ1v) is 12.5. The normalized spacial score (nSPS) is 14.4. The standard InChI is InChI=1S/C26H33N3O4S/c1-18-6-7-19(2)20(16-18)17-23(30)29(11-5-10-28-12-14-33-15-13-28)26-27-24-21(31-3)8-9-22(32-4)25(24)34-26/h6-9,16H,5,10-15,17H2,1-4H3. The van der Waals surface area contributed by atoms with E-state index in [1.165, 1.54) is 11.3 Å². The van der Waals surface area contributed by atoms with E-state index in [9.17, 15) is 4.79 Å². The topological polar surface area (TPSA) is 64.1 Å². The third-order valence-electron chi connectivity index (χ3n) is 6.24. The van der Waals surface area contributed by atoms with Crippen LogP contribution in [0.5, 0.6) is 11.5 Å². The van der Waals surface area contributed by atoms with Crippen LogP contribution in [0.2, 0.25) is 0 Å². The molecule has 0 unspecified atom stereocenters. The number of anilines is 1. The largest absolute Gasteiger partial charge is 0.495 e. The van der Waals surface area contributed by atoms with Crippen molar-refractivity contribution in [2.24, 2.45) is 0 Å². The fraction of sp³-hybridized carbons (Fsp3) is 0.462. The van der Waals surface area contributed by atoms with Crippen LogP contribution in [-0.2, 0) is 16.0 Å². The summed E-state index contributed by atoms with van der Waals surface area (Å²) in [6.45, 7) is 9.05. The molecule has 0 atom stereocenters. The van der Waals surface area contributed by atoms with E-state index in [0.29, 0.717) is 23.8 Å². The molecule has 2 aromatic carbocycles. The van der Waals surface area contributed by atoms with Crippen LogP contribution in [0.3, 0.4) is 0 Å². The molecule has 0 aliphatic carbocycles. The van der Waals surface area contributed by atoms with E-state index >= 15 is 0 Å². The smallest absolute Gasteiger partial charge is 0.233 e. The number of nitrogens with zero attached hydrogens (tertiary/aromatic N) is 3. The fourth-order valence-electron chi connectivity index (χ4n) is 4.24. The van der Waals surface area contributed by atoms with Crippen molar-refractivity contribution < 1.29 is 19.0 Å². The zero-order valence-electron chi connectivity index (χ0n) is 20.4. The molecule has 7 nitrogen and oxygen atoms in total. The minimum Gasteiger partial charge on any atom is -0.495 e. The molecule has 3 aromatic rings. The molecule has 4 rings (SSSR count). The van der Waals surface area contributed by atoms with Crippen LogP contribution in [-0.4, -0.2) is 69.4 Å². The molecule has 0 saturated carbocycles. The molecule has 1 amide bonds. The third kappa shape index (κ3) is 5.51. The van der Waals surface area contributed by atoms with Crippen molar-refractivity contribution >= 4 is 32.6 Å². The van der Waals surface area contributed by atoms with Crippen molar-refractivity contribution in [2.75, 3.05) is 58.5 Å². The van der Waals surface area contributed by atoms with Crippen LogP contribution in [0.1, 0.15) is 23.1 Å². The molecule has 0 N–H and O–H groups in total. The number of carbonyl (C=O) groups excluding carboxylic acids is 1. The van der Waals surface area contributed by atoms with Crippen LogP contribution < -0.4 is 14.4 Å². The Hall–Kier alpha value is -2.68. The second-order valence-electron chi connectivity index (χ2n) is 8.60. The van der Waals surface area contributed by atoms with E-state index in [0.717, 1.165) is 71.9 Å². The molecule has 2 heterocycles. The molecule has 8 heteroatoms. The van der Waals surface area contributed by atoms with Crippen LogP contribution in [0.25, 0.3) is 10.2 Å². The van der Waals surface area contributed by atoms with Crippen molar-refractivity contribution in [2.45, 2.75) is 26.7 Å². The molecule has 0 bridgehead atoms. The van der Waals surface area contributed by atoms with Gasteiger partial charge < -0.3 is 14.2 Å². The number of rotatable bonds is 9. The lowest BCUT2D eigenvalue weighted by Crippen LogP contribution is -2.39. The second kappa shape index (κ2) is 11.2. The average molecular weight is 484 g/mol. The Morgan fingerprint density at radius 1 is 1.12 bits per heavy atom. The number of carbonyl (C=O) groups is 1. The highest BCUT2D eigenvalue weighted by atomic mass is 32.1. The summed E-state index contributed by atoms with van der Waals surface area (Å²) in [4.78, 5) is 22.7. The van der Waals surface area contributed by atoms with Gasteiger partial charge in [-0.05, 0) is 43.5 Å². The lowest BCUT2D eigenvalue weighted by Gasteiger charge is -2.27. The first-order valence-electron chi connectivity index (χ1n) is 11.7. The number of amides is 1. The first kappa shape index (κ1) is 24.4. The van der Waals surface area contributed by atoms with Gasteiger partial charge in [0.2, 0.25) is 5.91 Å². The number of methoxy groups -OCH3 is 2. The Labute approximate surface area is 205 Å². The van der Waals surface area contributed by atoms with E-state index in [-0.39, 0.29) is 5.91 Å². The number of aromatic nitrogens is 1. The highest BCUT2D eigenvalue weighted by Crippen LogP contribution is 2.40. The first-order chi connectivity index (χ1) is 16.5. The van der Waals surface area contributed by atoms with Gasteiger partial charge in [-0.3, -0.25) is 14.6 Å². The lowest BCUT2D eigenvalue weighted by atomic mass is 10.0. The van der Waals surface area contributed by atoms with Crippen molar-refractivity contribution in [3.8, 4) is 11.5 Å². The van der Waals surface area contributed by atoms with Crippen LogP contribution >= 0.6 is 11.3 Å². The molecule has 182 valence electrons. The molecule has 0 radical (unpaired) electrons. The maximum atomic E-state index is 13.6. The molecule has 1 aliphatic heterocycles. The van der Waals surface area contributed by atoms with Gasteiger partial charge in [-0.25, -0.2) is 4.98 Å². The highest BCUT2D eigenvalue weighted by molar-refractivity contribution is 7.22. The van der Waals surface area contributed by atoms with Gasteiger partial charge in [0.25, 0.3) is 0 Å². The highest BCUT2D eigenvalue weighted by Gasteiger charge is 2.23. The van der Waals surface area contributed by atoms with Gasteiger partial charge in [0, 0.05) is 26.2 Å². The van der Waals surface area contributed by atoms with E-state index < -0.39 is 0 Å². The van der Waals surface area contributed by atoms with Crippen LogP contribution in [0.4, 0.5) is 5.13 Å². The van der Waals surface area contributed by atoms with Gasteiger partial charge >= 0.3 is 0 Å². The van der Waals surface area contributed by atoms with Crippen LogP contribution in [0.15, 0.2) is 30.3 Å². The predicted molar refractivity (Wildman–Crippen MR) is 137 cm³/mol. The van der Waals surface area contributed by atoms with E-state index in [1.54, 1.807) is 14.2 Å². The fourth-order valence-corrected chi connectivity index (χ4v) is 5.36. The van der Waals surface area contributed by atoms with Crippen molar-refractivity contribution in [1.82, 2.24) is 9.88 Å². The van der Waals surface area contributed by atoms with Crippen molar-refractivity contribution in [3.63, 3.8) is 0 Å². The van der Waals surface area contributed by atoms with Crippen LogP contribution in [0, 0.1) is 13.8 Å². The van der Waals surface area contributed by atoms with Gasteiger partial charge in [0.05, 0.1) is 33.9 Å². The summed E-state index contributed by atoms with van der Waals surface area (Å²) in [5, 5.41) is 0.676. The molecule has 34 heavy (non-hydrogen) atoms. The number of benzene rings is 2. The van der Waals surface area contributed by atoms with Gasteiger partial charge in [0.1, 0.15) is 21.7 Å². The lowest BCUT2D eigenvalue weighted by molar-refractivity contribution is -0.118. The van der Waals surface area contributed by atoms with Gasteiger partial charge in [-0.15, -0.1) is 0 Å². The molecule has 1 saturated heterocycles. The third-order valence-corrected chi connectivity index (χ3v) is 7.33. The molecule has 1 aliphatic rings. The van der Waals surface area contributed by atoms with E-state index in [1.807, 2.05) is 17.0 Å². The monoisotopic (exact) mass is 483 g/mol. The zero-order valence-corrected chi connectivity index (χ0v) is 21.2. The predicted octanol–water partition coefficient (Wildman–Crippen LogP) is 4.23. The van der Waals surface area contributed by atoms with E-state index in [2.05, 4.69) is 36.9 Å². The summed E-state index contributed by atoms with van der Waals surface area (Å²) in [5.41, 5.74) is 4.06. The number of fused-ring (bicyclic) bond motifs is 1. The minimum absolute atomic E-state index is 0.0488. The summed E-state index contributed by atoms with van der Waals surface area (Å²) in [7, 11) is 3.28. The number of thiazole rings is 1. The Balaban J connectivity index is 1.62. The summed E-state index contributed by atoms with van der Waals surface area (Å²) in [6, 6.07) is 9.99. The summed E-state index contributed by atoms with van der Waals surface area (Å²) < 4.78 is 17.4. The summed E-state index contributed by atoms with van der Waals surface area (Å²) in [6.07, 6.45) is 1.21. The number of morpholine rings is 1. The Kier molecular flexibility index (Phi) is 8.03. The van der Waals surface area contributed by atoms with Crippen molar-refractivity contribution in [1.29, 1.82) is 0 Å². The SMILES string of the molecule is COc1ccc(OC)c2sc(N(CCCN3CCOCC3)C(=O)Cc3cc(C)ccc3C)nc12. The molecular formula is C26H33N3O4S. The zero-order chi connectivity index (χ0) is 24.1. The minimum atomic E-state index is 0.0488. The van der Waals surface area contributed by atoms with Gasteiger partial charge in [-0.1, -0.05) is 35.1 Å². The Morgan fingerprint density at radius 3 is 2.59 bits per heavy atom. The second-order valence-corrected chi connectivity index (χ2v) is 9.58. The quantitative estimate of drug-likeness (QED) is 0.454. The number of aryl methyl sites for hydroxylation is 2. The Bertz CT molecular complexity index is 1100. The Morgan fingerprint density at radius 2 is 1.85 bits per heavy atom. The maximum Gasteiger partial charge on any atom is 0.233 e. The maximum absolute atomic E-state index is 13.6. The molecule has 1 aromatic heterocycles. The number of hydrogen-bond acceptors (Lipinski definition) is 7. The van der Waals surface area contributed by atoms with Crippen molar-refractivity contribution in [3.05, 3.63) is 47.0 Å². The number of hydrogen-bond donors (Lipinski definition) is 0. The summed E-state index contributed by atoms with van der Waals surface area (Å²) in [5.74, 6) is 1.45. The van der Waals surface area contributed by atoms with E-state index in [4.69, 9.17) is 19.2 Å². The average Bonchev–Trinajstić information content (AvgIpc) is 3.29. The summed E-state index contributed by atoms with van der Waals surface area (Å²) >= 11 is 1.47.